The Labute approximate surface area is 154 Å². The first-order chi connectivity index (χ1) is 12.6. The van der Waals surface area contributed by atoms with E-state index in [1.807, 2.05) is 44.4 Å². The topological polar surface area (TPSA) is 48.1 Å². The predicted molar refractivity (Wildman–Crippen MR) is 107 cm³/mol. The van der Waals surface area contributed by atoms with Gasteiger partial charge in [0.1, 0.15) is 0 Å². The summed E-state index contributed by atoms with van der Waals surface area (Å²) in [5.41, 5.74) is 6.38. The molecule has 0 saturated heterocycles. The van der Waals surface area contributed by atoms with Gasteiger partial charge >= 0.3 is 0 Å². The Hall–Kier alpha value is -2.59. The minimum absolute atomic E-state index is 0.0552. The lowest BCUT2D eigenvalue weighted by molar-refractivity contribution is 0.102. The lowest BCUT2D eigenvalue weighted by Gasteiger charge is -2.15. The van der Waals surface area contributed by atoms with Gasteiger partial charge in [-0.1, -0.05) is 30.3 Å². The van der Waals surface area contributed by atoms with Crippen LogP contribution in [0.1, 0.15) is 40.0 Å². The molecule has 0 saturated carbocycles. The number of hydrogen-bond acceptors (Lipinski definition) is 2. The summed E-state index contributed by atoms with van der Waals surface area (Å²) in [7, 11) is 4.06. The van der Waals surface area contributed by atoms with E-state index in [-0.39, 0.29) is 5.91 Å². The number of amides is 1. The number of benzene rings is 2. The van der Waals surface area contributed by atoms with Gasteiger partial charge in [0.05, 0.1) is 11.1 Å². The summed E-state index contributed by atoms with van der Waals surface area (Å²) in [4.78, 5) is 18.7. The van der Waals surface area contributed by atoms with E-state index in [0.29, 0.717) is 0 Å². The second kappa shape index (κ2) is 6.96. The van der Waals surface area contributed by atoms with Gasteiger partial charge in [-0.3, -0.25) is 4.79 Å². The van der Waals surface area contributed by atoms with Crippen LogP contribution in [-0.2, 0) is 19.4 Å². The van der Waals surface area contributed by atoms with Crippen LogP contribution in [0.15, 0.2) is 42.5 Å². The number of fused-ring (bicyclic) bond motifs is 3. The zero-order chi connectivity index (χ0) is 18.1. The molecule has 0 atom stereocenters. The maximum Gasteiger partial charge on any atom is 0.257 e. The van der Waals surface area contributed by atoms with E-state index in [9.17, 15) is 4.79 Å². The fourth-order valence-corrected chi connectivity index (χ4v) is 3.93. The van der Waals surface area contributed by atoms with Gasteiger partial charge in [0.25, 0.3) is 5.91 Å². The Bertz CT molecular complexity index is 955. The van der Waals surface area contributed by atoms with E-state index in [1.165, 1.54) is 29.5 Å². The summed E-state index contributed by atoms with van der Waals surface area (Å²) < 4.78 is 0. The first-order valence-corrected chi connectivity index (χ1v) is 9.30. The fraction of sp³-hybridized carbons (Fsp3) is 0.318. The number of nitrogens with one attached hydrogen (secondary N) is 2. The number of aryl methyl sites for hydroxylation is 2. The standard InChI is InChI=1S/C22H25N3O/c1-25(2)14-15-8-3-5-12-19(15)24-22(26)18-11-7-10-17-16-9-4-6-13-20(16)23-21(17)18/h3,5,7-8,10-12,23H,4,6,9,13-14H2,1-2H3,(H,24,26). The van der Waals surface area contributed by atoms with E-state index in [2.05, 4.69) is 27.3 Å². The third-order valence-corrected chi connectivity index (χ3v) is 5.13. The zero-order valence-corrected chi connectivity index (χ0v) is 15.4. The summed E-state index contributed by atoms with van der Waals surface area (Å²) in [6, 6.07) is 14.0. The van der Waals surface area contributed by atoms with E-state index in [1.54, 1.807) is 0 Å². The molecule has 0 bridgehead atoms. The van der Waals surface area contributed by atoms with Crippen molar-refractivity contribution in [2.24, 2.45) is 0 Å². The zero-order valence-electron chi connectivity index (χ0n) is 15.4. The van der Waals surface area contributed by atoms with Gasteiger partial charge in [0, 0.05) is 23.3 Å². The Balaban J connectivity index is 1.68. The second-order valence-corrected chi connectivity index (χ2v) is 7.37. The molecule has 0 unspecified atom stereocenters. The highest BCUT2D eigenvalue weighted by Crippen LogP contribution is 2.31. The number of H-pyrrole nitrogens is 1. The van der Waals surface area contributed by atoms with Crippen molar-refractivity contribution in [2.75, 3.05) is 19.4 Å². The molecule has 26 heavy (non-hydrogen) atoms. The summed E-state index contributed by atoms with van der Waals surface area (Å²) >= 11 is 0. The quantitative estimate of drug-likeness (QED) is 0.737. The number of nitrogens with zero attached hydrogens (tertiary/aromatic N) is 1. The van der Waals surface area contributed by atoms with Crippen LogP contribution in [0.4, 0.5) is 5.69 Å². The highest BCUT2D eigenvalue weighted by molar-refractivity contribution is 6.12. The fourth-order valence-electron chi connectivity index (χ4n) is 3.93. The summed E-state index contributed by atoms with van der Waals surface area (Å²) in [6.07, 6.45) is 4.64. The number of hydrogen-bond donors (Lipinski definition) is 2. The molecule has 0 aliphatic heterocycles. The van der Waals surface area contributed by atoms with Crippen LogP contribution in [0.3, 0.4) is 0 Å². The summed E-state index contributed by atoms with van der Waals surface area (Å²) in [6.45, 7) is 0.789. The van der Waals surface area contributed by atoms with E-state index >= 15 is 0 Å². The molecule has 1 heterocycles. The van der Waals surface area contributed by atoms with Gasteiger partial charge in [-0.2, -0.15) is 0 Å². The molecule has 1 aliphatic rings. The van der Waals surface area contributed by atoms with Gasteiger partial charge in [-0.25, -0.2) is 0 Å². The molecule has 4 heteroatoms. The third-order valence-electron chi connectivity index (χ3n) is 5.13. The molecule has 4 nitrogen and oxygen atoms in total. The molecule has 2 aromatic carbocycles. The molecule has 1 aromatic heterocycles. The number of aromatic nitrogens is 1. The first kappa shape index (κ1) is 16.9. The Morgan fingerprint density at radius 2 is 1.88 bits per heavy atom. The third kappa shape index (κ3) is 3.13. The van der Waals surface area contributed by atoms with Gasteiger partial charge in [0.2, 0.25) is 0 Å². The maximum atomic E-state index is 13.0. The van der Waals surface area contributed by atoms with Gasteiger partial charge in [-0.05, 0) is 63.0 Å². The Kier molecular flexibility index (Phi) is 4.51. The molecule has 134 valence electrons. The van der Waals surface area contributed by atoms with Crippen LogP contribution in [-0.4, -0.2) is 29.9 Å². The lowest BCUT2D eigenvalue weighted by Crippen LogP contribution is -2.17. The number of para-hydroxylation sites is 2. The van der Waals surface area contributed by atoms with Crippen molar-refractivity contribution in [1.82, 2.24) is 9.88 Å². The molecule has 0 radical (unpaired) electrons. The molecule has 1 amide bonds. The normalized spacial score (nSPS) is 13.8. The average Bonchev–Trinajstić information content (AvgIpc) is 3.01. The van der Waals surface area contributed by atoms with Crippen LogP contribution < -0.4 is 5.32 Å². The highest BCUT2D eigenvalue weighted by Gasteiger charge is 2.19. The lowest BCUT2D eigenvalue weighted by atomic mass is 9.95. The second-order valence-electron chi connectivity index (χ2n) is 7.37. The molecule has 3 aromatic rings. The molecular weight excluding hydrogens is 322 g/mol. The van der Waals surface area contributed by atoms with E-state index in [4.69, 9.17) is 0 Å². The molecule has 0 fully saturated rings. The molecule has 2 N–H and O–H groups in total. The largest absolute Gasteiger partial charge is 0.358 e. The van der Waals surface area contributed by atoms with Crippen molar-refractivity contribution in [3.8, 4) is 0 Å². The smallest absolute Gasteiger partial charge is 0.257 e. The summed E-state index contributed by atoms with van der Waals surface area (Å²) in [5, 5.41) is 4.32. The molecule has 0 spiro atoms. The number of carbonyl (C=O) groups is 1. The van der Waals surface area contributed by atoms with E-state index < -0.39 is 0 Å². The summed E-state index contributed by atoms with van der Waals surface area (Å²) in [5.74, 6) is -0.0552. The SMILES string of the molecule is CN(C)Cc1ccccc1NC(=O)c1cccc2c3c([nH]c12)CCCC3. The van der Waals surface area contributed by atoms with Gasteiger partial charge < -0.3 is 15.2 Å². The van der Waals surface area contributed by atoms with Crippen LogP contribution in [0.2, 0.25) is 0 Å². The number of aromatic amines is 1. The van der Waals surface area contributed by atoms with Crippen molar-refractivity contribution in [3.05, 3.63) is 64.8 Å². The van der Waals surface area contributed by atoms with Crippen molar-refractivity contribution in [2.45, 2.75) is 32.2 Å². The average molecular weight is 347 g/mol. The van der Waals surface area contributed by atoms with Crippen LogP contribution in [0.5, 0.6) is 0 Å². The van der Waals surface area contributed by atoms with Gasteiger partial charge in [0.15, 0.2) is 0 Å². The molecular formula is C22H25N3O. The minimum atomic E-state index is -0.0552. The van der Waals surface area contributed by atoms with Crippen LogP contribution in [0, 0.1) is 0 Å². The number of carbonyl (C=O) groups excluding carboxylic acids is 1. The highest BCUT2D eigenvalue weighted by atomic mass is 16.1. The Morgan fingerprint density at radius 1 is 1.08 bits per heavy atom. The first-order valence-electron chi connectivity index (χ1n) is 9.30. The maximum absolute atomic E-state index is 13.0. The van der Waals surface area contributed by atoms with Crippen molar-refractivity contribution >= 4 is 22.5 Å². The molecule has 4 rings (SSSR count). The predicted octanol–water partition coefficient (Wildman–Crippen LogP) is 4.36. The van der Waals surface area contributed by atoms with Crippen LogP contribution in [0.25, 0.3) is 10.9 Å². The number of rotatable bonds is 4. The van der Waals surface area contributed by atoms with E-state index in [0.717, 1.165) is 41.7 Å². The van der Waals surface area contributed by atoms with Crippen molar-refractivity contribution in [1.29, 1.82) is 0 Å². The molecule has 1 aliphatic carbocycles. The van der Waals surface area contributed by atoms with Crippen molar-refractivity contribution in [3.63, 3.8) is 0 Å². The minimum Gasteiger partial charge on any atom is -0.358 e. The number of anilines is 1. The Morgan fingerprint density at radius 3 is 2.73 bits per heavy atom. The van der Waals surface area contributed by atoms with Gasteiger partial charge in [-0.15, -0.1) is 0 Å². The van der Waals surface area contributed by atoms with Crippen LogP contribution >= 0.6 is 0 Å². The monoisotopic (exact) mass is 347 g/mol. The van der Waals surface area contributed by atoms with Crippen molar-refractivity contribution < 1.29 is 4.79 Å².